The van der Waals surface area contributed by atoms with E-state index in [-0.39, 0.29) is 11.3 Å². The van der Waals surface area contributed by atoms with Crippen molar-refractivity contribution in [1.29, 1.82) is 0 Å². The van der Waals surface area contributed by atoms with Crippen LogP contribution in [0.2, 0.25) is 0 Å². The number of ether oxygens (including phenoxy) is 1. The summed E-state index contributed by atoms with van der Waals surface area (Å²) in [5.41, 5.74) is 1.80. The van der Waals surface area contributed by atoms with Crippen LogP contribution in [0.5, 0.6) is 5.75 Å². The standard InChI is InChI=1S/C24H27FN2O4/c1-5-31-19-11-8-17(14-15(19)2)22(28)20-21(16-6-9-18(25)10-7-16)27(13-12-26(3)4)24(30)23(20)29/h6-11,14,21,28H,5,12-13H2,1-4H3/p+1/t21-/m0/s1. The molecule has 1 saturated heterocycles. The maximum Gasteiger partial charge on any atom is 0.295 e. The van der Waals surface area contributed by atoms with Crippen molar-refractivity contribution in [3.63, 3.8) is 0 Å². The summed E-state index contributed by atoms with van der Waals surface area (Å²) in [5, 5.41) is 11.1. The molecule has 2 N–H and O–H groups in total. The lowest BCUT2D eigenvalue weighted by atomic mass is 9.94. The van der Waals surface area contributed by atoms with Crippen LogP contribution >= 0.6 is 0 Å². The number of nitrogens with one attached hydrogen (secondary N) is 1. The van der Waals surface area contributed by atoms with E-state index in [4.69, 9.17) is 4.74 Å². The number of hydrogen-bond acceptors (Lipinski definition) is 4. The fraction of sp³-hybridized carbons (Fsp3) is 0.333. The van der Waals surface area contributed by atoms with Gasteiger partial charge in [0.05, 0.1) is 45.4 Å². The van der Waals surface area contributed by atoms with Gasteiger partial charge in [0.25, 0.3) is 11.7 Å². The van der Waals surface area contributed by atoms with E-state index in [2.05, 4.69) is 0 Å². The molecule has 0 unspecified atom stereocenters. The molecule has 2 aromatic rings. The normalized spacial score (nSPS) is 18.1. The number of aliphatic hydroxyl groups excluding tert-OH is 1. The zero-order valence-corrected chi connectivity index (χ0v) is 18.2. The van der Waals surface area contributed by atoms with Crippen LogP contribution in [0, 0.1) is 12.7 Å². The van der Waals surface area contributed by atoms with Crippen molar-refractivity contribution < 1.29 is 28.7 Å². The van der Waals surface area contributed by atoms with Crippen molar-refractivity contribution in [1.82, 2.24) is 4.90 Å². The fourth-order valence-corrected chi connectivity index (χ4v) is 3.72. The monoisotopic (exact) mass is 427 g/mol. The Hall–Kier alpha value is -3.19. The van der Waals surface area contributed by atoms with Gasteiger partial charge in [0.1, 0.15) is 17.3 Å². The fourth-order valence-electron chi connectivity index (χ4n) is 3.72. The highest BCUT2D eigenvalue weighted by Crippen LogP contribution is 2.39. The number of aryl methyl sites for hydroxylation is 1. The lowest BCUT2D eigenvalue weighted by Crippen LogP contribution is -3.06. The number of benzene rings is 2. The topological polar surface area (TPSA) is 71.3 Å². The second kappa shape index (κ2) is 9.31. The van der Waals surface area contributed by atoms with Crippen molar-refractivity contribution in [3.8, 4) is 5.75 Å². The van der Waals surface area contributed by atoms with Crippen molar-refractivity contribution in [2.45, 2.75) is 19.9 Å². The smallest absolute Gasteiger partial charge is 0.295 e. The summed E-state index contributed by atoms with van der Waals surface area (Å²) < 4.78 is 19.1. The van der Waals surface area contributed by atoms with Crippen LogP contribution in [0.25, 0.3) is 5.76 Å². The summed E-state index contributed by atoms with van der Waals surface area (Å²) in [4.78, 5) is 28.4. The molecule has 164 valence electrons. The first-order valence-electron chi connectivity index (χ1n) is 10.3. The van der Waals surface area contributed by atoms with Crippen LogP contribution in [0.15, 0.2) is 48.0 Å². The molecule has 7 heteroatoms. The molecular formula is C24H28FN2O4+. The minimum atomic E-state index is -0.785. The summed E-state index contributed by atoms with van der Waals surface area (Å²) >= 11 is 0. The quantitative estimate of drug-likeness (QED) is 0.403. The van der Waals surface area contributed by atoms with Crippen molar-refractivity contribution >= 4 is 17.4 Å². The minimum absolute atomic E-state index is 0.00826. The highest BCUT2D eigenvalue weighted by molar-refractivity contribution is 6.46. The van der Waals surface area contributed by atoms with Gasteiger partial charge in [0, 0.05) is 5.56 Å². The second-order valence-electron chi connectivity index (χ2n) is 7.91. The number of rotatable bonds is 7. The van der Waals surface area contributed by atoms with Crippen molar-refractivity contribution in [2.24, 2.45) is 0 Å². The Bertz CT molecular complexity index is 1010. The molecule has 1 aliphatic heterocycles. The molecule has 1 amide bonds. The molecule has 31 heavy (non-hydrogen) atoms. The molecule has 1 atom stereocenters. The van der Waals surface area contributed by atoms with Crippen molar-refractivity contribution in [3.05, 3.63) is 70.5 Å². The number of carbonyl (C=O) groups excluding carboxylic acids is 2. The van der Waals surface area contributed by atoms with Gasteiger partial charge >= 0.3 is 0 Å². The van der Waals surface area contributed by atoms with Gasteiger partial charge in [-0.05, 0) is 55.3 Å². The third-order valence-electron chi connectivity index (χ3n) is 5.33. The average Bonchev–Trinajstić information content (AvgIpc) is 2.98. The van der Waals surface area contributed by atoms with Gasteiger partial charge in [-0.3, -0.25) is 9.59 Å². The number of halogens is 1. The Morgan fingerprint density at radius 3 is 2.42 bits per heavy atom. The number of amides is 1. The maximum atomic E-state index is 13.5. The van der Waals surface area contributed by atoms with E-state index >= 15 is 0 Å². The Morgan fingerprint density at radius 1 is 1.16 bits per heavy atom. The summed E-state index contributed by atoms with van der Waals surface area (Å²) in [5.74, 6) is -1.39. The van der Waals surface area contributed by atoms with Gasteiger partial charge in [-0.2, -0.15) is 0 Å². The van der Waals surface area contributed by atoms with E-state index < -0.39 is 23.5 Å². The number of likely N-dealkylation sites (N-methyl/N-ethyl adjacent to an activating group) is 1. The lowest BCUT2D eigenvalue weighted by molar-refractivity contribution is -0.857. The van der Waals surface area contributed by atoms with Gasteiger partial charge < -0.3 is 19.6 Å². The summed E-state index contributed by atoms with van der Waals surface area (Å²) in [7, 11) is 3.90. The summed E-state index contributed by atoms with van der Waals surface area (Å²) in [6.07, 6.45) is 0. The number of carbonyl (C=O) groups is 2. The minimum Gasteiger partial charge on any atom is -0.507 e. The lowest BCUT2D eigenvalue weighted by Gasteiger charge is -2.25. The number of likely N-dealkylation sites (tertiary alicyclic amines) is 1. The van der Waals surface area contributed by atoms with Gasteiger partial charge in [-0.1, -0.05) is 12.1 Å². The van der Waals surface area contributed by atoms with Crippen LogP contribution in [-0.2, 0) is 9.59 Å². The average molecular weight is 427 g/mol. The number of quaternary nitrogens is 1. The first-order valence-corrected chi connectivity index (χ1v) is 10.3. The molecule has 1 fully saturated rings. The second-order valence-corrected chi connectivity index (χ2v) is 7.91. The molecule has 6 nitrogen and oxygen atoms in total. The van der Waals surface area contributed by atoms with Crippen LogP contribution < -0.4 is 9.64 Å². The predicted molar refractivity (Wildman–Crippen MR) is 115 cm³/mol. The summed E-state index contributed by atoms with van der Waals surface area (Å²) in [6.45, 7) is 5.18. The molecule has 2 aromatic carbocycles. The molecule has 1 heterocycles. The zero-order chi connectivity index (χ0) is 22.7. The van der Waals surface area contributed by atoms with Crippen molar-refractivity contribution in [2.75, 3.05) is 33.8 Å². The number of hydrogen-bond donors (Lipinski definition) is 2. The van der Waals surface area contributed by atoms with E-state index in [1.54, 1.807) is 18.2 Å². The van der Waals surface area contributed by atoms with E-state index in [9.17, 15) is 19.1 Å². The first-order chi connectivity index (χ1) is 14.7. The van der Waals surface area contributed by atoms with Crippen LogP contribution in [0.4, 0.5) is 4.39 Å². The third kappa shape index (κ3) is 4.61. The number of ketones is 1. The van der Waals surface area contributed by atoms with E-state index in [1.165, 1.54) is 29.2 Å². The number of nitrogens with zero attached hydrogens (tertiary/aromatic N) is 1. The number of Topliss-reactive ketones (excluding diaryl/α,β-unsaturated/α-hetero) is 1. The Labute approximate surface area is 181 Å². The first kappa shape index (κ1) is 22.5. The van der Waals surface area contributed by atoms with Gasteiger partial charge in [-0.15, -0.1) is 0 Å². The van der Waals surface area contributed by atoms with Crippen LogP contribution in [-0.4, -0.2) is 55.5 Å². The van der Waals surface area contributed by atoms with Gasteiger partial charge in [0.2, 0.25) is 0 Å². The molecule has 0 aliphatic carbocycles. The highest BCUT2D eigenvalue weighted by Gasteiger charge is 2.46. The van der Waals surface area contributed by atoms with E-state index in [1.807, 2.05) is 27.9 Å². The predicted octanol–water partition coefficient (Wildman–Crippen LogP) is 2.10. The van der Waals surface area contributed by atoms with E-state index in [0.29, 0.717) is 36.6 Å². The van der Waals surface area contributed by atoms with Crippen LogP contribution in [0.3, 0.4) is 0 Å². The van der Waals surface area contributed by atoms with Gasteiger partial charge in [-0.25, -0.2) is 4.39 Å². The molecular weight excluding hydrogens is 399 g/mol. The Kier molecular flexibility index (Phi) is 6.75. The Balaban J connectivity index is 2.12. The van der Waals surface area contributed by atoms with Gasteiger partial charge in [0.15, 0.2) is 0 Å². The largest absolute Gasteiger partial charge is 0.507 e. The molecule has 0 saturated carbocycles. The Morgan fingerprint density at radius 2 is 1.84 bits per heavy atom. The highest BCUT2D eigenvalue weighted by atomic mass is 19.1. The SMILES string of the molecule is CCOc1ccc(C(O)=C2C(=O)C(=O)N(CC[NH+](C)C)[C@H]2c2ccc(F)cc2)cc1C. The molecule has 3 rings (SSSR count). The number of aliphatic hydroxyl groups is 1. The van der Waals surface area contributed by atoms with E-state index in [0.717, 1.165) is 10.5 Å². The molecule has 0 radical (unpaired) electrons. The molecule has 1 aliphatic rings. The molecule has 0 bridgehead atoms. The molecule has 0 spiro atoms. The molecule has 0 aromatic heterocycles. The third-order valence-corrected chi connectivity index (χ3v) is 5.33. The maximum absolute atomic E-state index is 13.5. The van der Waals surface area contributed by atoms with Crippen LogP contribution in [0.1, 0.15) is 29.7 Å². The summed E-state index contributed by atoms with van der Waals surface area (Å²) in [6, 6.07) is 9.97. The zero-order valence-electron chi connectivity index (χ0n) is 18.2.